The van der Waals surface area contributed by atoms with Gasteiger partial charge in [0.25, 0.3) is 5.91 Å². The number of furan rings is 1. The standard InChI is InChI=1S/C10H14N2O2/c1-7-4-8(6-14-7)10(13)12-3-2-9(11)5-12/h4,6,9H,2-3,5,11H2,1H3/t9-/m1/s1. The van der Waals surface area contributed by atoms with Gasteiger partial charge in [-0.3, -0.25) is 4.79 Å². The summed E-state index contributed by atoms with van der Waals surface area (Å²) in [5.41, 5.74) is 6.35. The monoisotopic (exact) mass is 194 g/mol. The summed E-state index contributed by atoms with van der Waals surface area (Å²) < 4.78 is 5.09. The van der Waals surface area contributed by atoms with Crippen LogP contribution in [0.4, 0.5) is 0 Å². The van der Waals surface area contributed by atoms with Gasteiger partial charge in [-0.15, -0.1) is 0 Å². The molecule has 4 nitrogen and oxygen atoms in total. The number of rotatable bonds is 1. The number of nitrogens with two attached hydrogens (primary N) is 1. The second-order valence-corrected chi connectivity index (χ2v) is 3.75. The highest BCUT2D eigenvalue weighted by Crippen LogP contribution is 2.14. The molecule has 2 heterocycles. The van der Waals surface area contributed by atoms with Crippen molar-refractivity contribution in [2.75, 3.05) is 13.1 Å². The highest BCUT2D eigenvalue weighted by atomic mass is 16.3. The first-order valence-corrected chi connectivity index (χ1v) is 4.77. The summed E-state index contributed by atoms with van der Waals surface area (Å²) in [7, 11) is 0. The maximum absolute atomic E-state index is 11.8. The van der Waals surface area contributed by atoms with Crippen LogP contribution in [0.25, 0.3) is 0 Å². The van der Waals surface area contributed by atoms with Gasteiger partial charge in [-0.2, -0.15) is 0 Å². The maximum Gasteiger partial charge on any atom is 0.257 e. The van der Waals surface area contributed by atoms with E-state index in [0.29, 0.717) is 12.1 Å². The van der Waals surface area contributed by atoms with E-state index in [4.69, 9.17) is 10.2 Å². The summed E-state index contributed by atoms with van der Waals surface area (Å²) in [5.74, 6) is 0.784. The normalized spacial score (nSPS) is 21.6. The number of aryl methyl sites for hydroxylation is 1. The van der Waals surface area contributed by atoms with Crippen LogP contribution in [-0.2, 0) is 0 Å². The van der Waals surface area contributed by atoms with E-state index in [1.165, 1.54) is 6.26 Å². The average molecular weight is 194 g/mol. The van der Waals surface area contributed by atoms with Crippen LogP contribution in [0.1, 0.15) is 22.5 Å². The van der Waals surface area contributed by atoms with Crippen LogP contribution >= 0.6 is 0 Å². The molecule has 0 saturated carbocycles. The van der Waals surface area contributed by atoms with Crippen LogP contribution in [0.2, 0.25) is 0 Å². The second kappa shape index (κ2) is 3.46. The number of nitrogens with zero attached hydrogens (tertiary/aromatic N) is 1. The summed E-state index contributed by atoms with van der Waals surface area (Å²) in [5, 5.41) is 0. The van der Waals surface area contributed by atoms with Crippen molar-refractivity contribution in [1.29, 1.82) is 0 Å². The first-order valence-electron chi connectivity index (χ1n) is 4.77. The molecule has 2 N–H and O–H groups in total. The Morgan fingerprint density at radius 1 is 1.71 bits per heavy atom. The van der Waals surface area contributed by atoms with Crippen LogP contribution in [0, 0.1) is 6.92 Å². The van der Waals surface area contributed by atoms with Crippen molar-refractivity contribution in [3.05, 3.63) is 23.7 Å². The molecular weight excluding hydrogens is 180 g/mol. The Hall–Kier alpha value is -1.29. The lowest BCUT2D eigenvalue weighted by atomic mass is 10.3. The third kappa shape index (κ3) is 1.65. The van der Waals surface area contributed by atoms with Crippen LogP contribution < -0.4 is 5.73 Å². The van der Waals surface area contributed by atoms with Crippen molar-refractivity contribution < 1.29 is 9.21 Å². The van der Waals surface area contributed by atoms with Crippen molar-refractivity contribution in [1.82, 2.24) is 4.90 Å². The van der Waals surface area contributed by atoms with Gasteiger partial charge in [0.15, 0.2) is 0 Å². The molecule has 1 aromatic heterocycles. The molecule has 1 aliphatic heterocycles. The van der Waals surface area contributed by atoms with E-state index < -0.39 is 0 Å². The molecule has 14 heavy (non-hydrogen) atoms. The quantitative estimate of drug-likeness (QED) is 0.718. The molecule has 1 saturated heterocycles. The van der Waals surface area contributed by atoms with Gasteiger partial charge in [-0.25, -0.2) is 0 Å². The zero-order chi connectivity index (χ0) is 10.1. The summed E-state index contributed by atoms with van der Waals surface area (Å²) in [4.78, 5) is 13.6. The van der Waals surface area contributed by atoms with Crippen molar-refractivity contribution in [2.45, 2.75) is 19.4 Å². The van der Waals surface area contributed by atoms with Crippen molar-refractivity contribution in [3.63, 3.8) is 0 Å². The highest BCUT2D eigenvalue weighted by molar-refractivity contribution is 5.94. The largest absolute Gasteiger partial charge is 0.469 e. The van der Waals surface area contributed by atoms with Gasteiger partial charge in [0, 0.05) is 19.1 Å². The lowest BCUT2D eigenvalue weighted by Gasteiger charge is -2.13. The molecule has 0 spiro atoms. The minimum Gasteiger partial charge on any atom is -0.469 e. The third-order valence-corrected chi connectivity index (χ3v) is 2.49. The van der Waals surface area contributed by atoms with E-state index >= 15 is 0 Å². The molecule has 0 unspecified atom stereocenters. The molecule has 4 heteroatoms. The lowest BCUT2D eigenvalue weighted by molar-refractivity contribution is 0.0790. The fraction of sp³-hybridized carbons (Fsp3) is 0.500. The minimum absolute atomic E-state index is 0.0230. The molecule has 0 aromatic carbocycles. The molecule has 1 aliphatic rings. The summed E-state index contributed by atoms with van der Waals surface area (Å²) in [6.45, 7) is 3.24. The number of carbonyl (C=O) groups is 1. The fourth-order valence-electron chi connectivity index (χ4n) is 1.71. The van der Waals surface area contributed by atoms with Crippen LogP contribution in [0.3, 0.4) is 0 Å². The smallest absolute Gasteiger partial charge is 0.257 e. The van der Waals surface area contributed by atoms with Crippen LogP contribution in [-0.4, -0.2) is 29.9 Å². The van der Waals surface area contributed by atoms with Gasteiger partial charge in [0.2, 0.25) is 0 Å². The van der Waals surface area contributed by atoms with Crippen molar-refractivity contribution in [3.8, 4) is 0 Å². The summed E-state index contributed by atoms with van der Waals surface area (Å²) in [6, 6.07) is 1.89. The van der Waals surface area contributed by atoms with Crippen molar-refractivity contribution >= 4 is 5.91 Å². The lowest BCUT2D eigenvalue weighted by Crippen LogP contribution is -2.31. The van der Waals surface area contributed by atoms with Gasteiger partial charge >= 0.3 is 0 Å². The average Bonchev–Trinajstić information content (AvgIpc) is 2.73. The number of amides is 1. The molecular formula is C10H14N2O2. The maximum atomic E-state index is 11.8. The number of hydrogen-bond acceptors (Lipinski definition) is 3. The van der Waals surface area contributed by atoms with E-state index in [1.807, 2.05) is 6.92 Å². The molecule has 1 amide bonds. The third-order valence-electron chi connectivity index (χ3n) is 2.49. The molecule has 0 radical (unpaired) electrons. The Morgan fingerprint density at radius 3 is 3.00 bits per heavy atom. The number of likely N-dealkylation sites (tertiary alicyclic amines) is 1. The van der Waals surface area contributed by atoms with Gasteiger partial charge in [0.1, 0.15) is 12.0 Å². The van der Waals surface area contributed by atoms with Gasteiger partial charge < -0.3 is 15.1 Å². The Morgan fingerprint density at radius 2 is 2.50 bits per heavy atom. The fourth-order valence-corrected chi connectivity index (χ4v) is 1.71. The summed E-state index contributed by atoms with van der Waals surface area (Å²) >= 11 is 0. The predicted molar refractivity (Wildman–Crippen MR) is 51.9 cm³/mol. The van der Waals surface area contributed by atoms with Crippen LogP contribution in [0.15, 0.2) is 16.7 Å². The van der Waals surface area contributed by atoms with E-state index in [-0.39, 0.29) is 11.9 Å². The molecule has 0 bridgehead atoms. The molecule has 1 fully saturated rings. The summed E-state index contributed by atoms with van der Waals surface area (Å²) in [6.07, 6.45) is 2.39. The van der Waals surface area contributed by atoms with E-state index in [2.05, 4.69) is 0 Å². The Labute approximate surface area is 82.7 Å². The first-order chi connectivity index (χ1) is 6.66. The zero-order valence-corrected chi connectivity index (χ0v) is 8.19. The topological polar surface area (TPSA) is 59.5 Å². The minimum atomic E-state index is 0.0230. The first kappa shape index (κ1) is 9.27. The zero-order valence-electron chi connectivity index (χ0n) is 8.19. The van der Waals surface area contributed by atoms with Gasteiger partial charge in [0.05, 0.1) is 5.56 Å². The molecule has 1 aromatic rings. The molecule has 1 atom stereocenters. The highest BCUT2D eigenvalue weighted by Gasteiger charge is 2.25. The number of hydrogen-bond donors (Lipinski definition) is 1. The molecule has 0 aliphatic carbocycles. The van der Waals surface area contributed by atoms with E-state index in [9.17, 15) is 4.79 Å². The van der Waals surface area contributed by atoms with E-state index in [0.717, 1.165) is 18.7 Å². The Balaban J connectivity index is 2.09. The Bertz CT molecular complexity index is 346. The predicted octanol–water partition coefficient (Wildman–Crippen LogP) is 0.761. The Kier molecular flexibility index (Phi) is 2.29. The second-order valence-electron chi connectivity index (χ2n) is 3.75. The SMILES string of the molecule is Cc1cc(C(=O)N2CC[C@@H](N)C2)co1. The number of carbonyl (C=O) groups excluding carboxylic acids is 1. The van der Waals surface area contributed by atoms with Crippen molar-refractivity contribution in [2.24, 2.45) is 5.73 Å². The van der Waals surface area contributed by atoms with Gasteiger partial charge in [-0.05, 0) is 19.4 Å². The van der Waals surface area contributed by atoms with E-state index in [1.54, 1.807) is 11.0 Å². The molecule has 2 rings (SSSR count). The molecule has 76 valence electrons. The van der Waals surface area contributed by atoms with Crippen LogP contribution in [0.5, 0.6) is 0 Å². The van der Waals surface area contributed by atoms with Gasteiger partial charge in [-0.1, -0.05) is 0 Å².